The maximum Gasteiger partial charge on any atom is 0.338 e. The molecule has 0 spiro atoms. The van der Waals surface area contributed by atoms with Crippen molar-refractivity contribution in [2.75, 3.05) is 0 Å². The summed E-state index contributed by atoms with van der Waals surface area (Å²) in [5, 5.41) is 0. The Kier molecular flexibility index (Phi) is 11.5. The molecule has 0 saturated heterocycles. The molecule has 0 fully saturated rings. The minimum atomic E-state index is -0.554. The molecule has 0 N–H and O–H groups in total. The molecule has 6 heteroatoms. The molecule has 4 rings (SSSR count). The highest BCUT2D eigenvalue weighted by Crippen LogP contribution is 2.23. The van der Waals surface area contributed by atoms with Crippen LogP contribution in [-0.2, 0) is 14.4 Å². The van der Waals surface area contributed by atoms with E-state index < -0.39 is 17.9 Å². The molecule has 0 saturated carbocycles. The number of ether oxygens (including phenoxy) is 3. The first-order valence-electron chi connectivity index (χ1n) is 14.8. The van der Waals surface area contributed by atoms with Gasteiger partial charge in [0.15, 0.2) is 0 Å². The molecule has 48 heavy (non-hydrogen) atoms. The predicted octanol–water partition coefficient (Wildman–Crippen LogP) is 8.10. The summed E-state index contributed by atoms with van der Waals surface area (Å²) in [6.07, 6.45) is 3.85. The summed E-state index contributed by atoms with van der Waals surface area (Å²) < 4.78 is 16.0. The quantitative estimate of drug-likeness (QED) is 0.0642. The van der Waals surface area contributed by atoms with Crippen molar-refractivity contribution in [3.05, 3.63) is 161 Å². The fourth-order valence-corrected chi connectivity index (χ4v) is 3.77. The summed E-state index contributed by atoms with van der Waals surface area (Å²) in [4.78, 5) is 35.8. The van der Waals surface area contributed by atoms with E-state index in [0.717, 1.165) is 22.3 Å². The molecule has 0 aliphatic carbocycles. The van der Waals surface area contributed by atoms with Crippen molar-refractivity contribution in [2.45, 2.75) is 20.8 Å². The Labute approximate surface area is 280 Å². The van der Waals surface area contributed by atoms with Crippen LogP contribution in [0.25, 0.3) is 12.2 Å². The first kappa shape index (κ1) is 34.2. The van der Waals surface area contributed by atoms with E-state index in [1.165, 1.54) is 0 Å². The second-order valence-corrected chi connectivity index (χ2v) is 10.8. The number of rotatable bonds is 8. The topological polar surface area (TPSA) is 78.9 Å². The Bertz CT molecular complexity index is 2050. The first-order chi connectivity index (χ1) is 23.0. The van der Waals surface area contributed by atoms with E-state index in [-0.39, 0.29) is 5.57 Å². The van der Waals surface area contributed by atoms with E-state index in [0.29, 0.717) is 39.5 Å². The van der Waals surface area contributed by atoms with Crippen molar-refractivity contribution in [1.82, 2.24) is 0 Å². The Hall–Kier alpha value is -6.63. The van der Waals surface area contributed by atoms with Gasteiger partial charge >= 0.3 is 17.9 Å². The largest absolute Gasteiger partial charge is 0.423 e. The van der Waals surface area contributed by atoms with Crippen molar-refractivity contribution < 1.29 is 28.6 Å². The molecule has 0 aromatic heterocycles. The molecule has 0 heterocycles. The van der Waals surface area contributed by atoms with Crippen molar-refractivity contribution in [2.24, 2.45) is 0 Å². The molecule has 4 aromatic rings. The van der Waals surface area contributed by atoms with Crippen molar-refractivity contribution >= 4 is 30.1 Å². The zero-order valence-electron chi connectivity index (χ0n) is 26.9. The van der Waals surface area contributed by atoms with Crippen molar-refractivity contribution in [3.8, 4) is 40.9 Å². The predicted molar refractivity (Wildman–Crippen MR) is 188 cm³/mol. The molecule has 4 aromatic carbocycles. The van der Waals surface area contributed by atoms with E-state index in [4.69, 9.17) is 14.2 Å². The number of hydrogen-bond acceptors (Lipinski definition) is 6. The Balaban J connectivity index is 1.46. The number of carbonyl (C=O) groups excluding carboxylic acids is 3. The van der Waals surface area contributed by atoms with Crippen LogP contribution in [0.2, 0.25) is 0 Å². The van der Waals surface area contributed by atoms with Crippen LogP contribution in [0, 0.1) is 23.7 Å². The molecule has 0 unspecified atom stereocenters. The highest BCUT2D eigenvalue weighted by Gasteiger charge is 2.10. The standard InChI is InChI=1S/C42H32O6/c1-28(2)40(43)46-37-23-17-33(18-24-37)12-11-31-7-9-32(10-8-31)13-14-35-16-22-36(39(27-35)48-42(45)30(5)6)21-15-34-19-25-38(26-20-34)47-41(44)29(3)4/h7-10,13-14,16-20,22-27H,1,3,5H2,2,4,6H3. The fourth-order valence-electron chi connectivity index (χ4n) is 3.77. The lowest BCUT2D eigenvalue weighted by atomic mass is 10.1. The van der Waals surface area contributed by atoms with Crippen LogP contribution in [0.1, 0.15) is 54.2 Å². The third kappa shape index (κ3) is 10.2. The van der Waals surface area contributed by atoms with E-state index in [1.807, 2.05) is 42.5 Å². The number of carbonyl (C=O) groups is 3. The van der Waals surface area contributed by atoms with Crippen LogP contribution < -0.4 is 14.2 Å². The molecule has 6 nitrogen and oxygen atoms in total. The van der Waals surface area contributed by atoms with Crippen LogP contribution in [0.3, 0.4) is 0 Å². The smallest absolute Gasteiger partial charge is 0.338 e. The zero-order chi connectivity index (χ0) is 34.6. The summed E-state index contributed by atoms with van der Waals surface area (Å²) in [6, 6.07) is 26.8. The normalized spacial score (nSPS) is 10.1. The van der Waals surface area contributed by atoms with E-state index in [1.54, 1.807) is 81.4 Å². The van der Waals surface area contributed by atoms with Crippen LogP contribution in [-0.4, -0.2) is 17.9 Å². The molecule has 236 valence electrons. The zero-order valence-corrected chi connectivity index (χ0v) is 26.9. The first-order valence-corrected chi connectivity index (χ1v) is 14.8. The molecule has 0 bridgehead atoms. The fraction of sp³-hybridized carbons (Fsp3) is 0.0714. The van der Waals surface area contributed by atoms with E-state index >= 15 is 0 Å². The van der Waals surface area contributed by atoms with Gasteiger partial charge in [0, 0.05) is 33.4 Å². The van der Waals surface area contributed by atoms with Gasteiger partial charge in [0.05, 0.1) is 5.56 Å². The van der Waals surface area contributed by atoms with Gasteiger partial charge in [0.2, 0.25) is 0 Å². The van der Waals surface area contributed by atoms with Gasteiger partial charge in [-0.3, -0.25) is 0 Å². The maximum atomic E-state index is 12.4. The van der Waals surface area contributed by atoms with Gasteiger partial charge in [0.25, 0.3) is 0 Å². The minimum Gasteiger partial charge on any atom is -0.423 e. The Morgan fingerprint density at radius 1 is 0.500 bits per heavy atom. The summed E-state index contributed by atoms with van der Waals surface area (Å²) in [6.45, 7) is 15.6. The second kappa shape index (κ2) is 16.1. The molecule has 0 aliphatic rings. The van der Waals surface area contributed by atoms with Crippen molar-refractivity contribution in [1.29, 1.82) is 0 Å². The lowest BCUT2D eigenvalue weighted by Crippen LogP contribution is -2.09. The van der Waals surface area contributed by atoms with Gasteiger partial charge in [-0.2, -0.15) is 0 Å². The lowest BCUT2D eigenvalue weighted by molar-refractivity contribution is -0.130. The van der Waals surface area contributed by atoms with E-state index in [9.17, 15) is 14.4 Å². The molecule has 0 radical (unpaired) electrons. The summed E-state index contributed by atoms with van der Waals surface area (Å²) >= 11 is 0. The SMILES string of the molecule is C=C(C)C(=O)Oc1ccc(C#Cc2ccc(C=Cc3ccc(C#Cc4ccc(OC(=O)C(=C)C)cc4)c(OC(=O)C(=C)C)c3)cc2)cc1. The minimum absolute atomic E-state index is 0.263. The number of benzene rings is 4. The monoisotopic (exact) mass is 632 g/mol. The lowest BCUT2D eigenvalue weighted by Gasteiger charge is -2.08. The van der Waals surface area contributed by atoms with Gasteiger partial charge in [-0.15, -0.1) is 0 Å². The average Bonchev–Trinajstić information content (AvgIpc) is 3.07. The summed E-state index contributed by atoms with van der Waals surface area (Å²) in [5.41, 5.74) is 5.47. The third-order valence-electron chi connectivity index (χ3n) is 6.46. The highest BCUT2D eigenvalue weighted by molar-refractivity contribution is 5.90. The summed E-state index contributed by atoms with van der Waals surface area (Å²) in [5.74, 6) is 11.9. The molecule has 0 aliphatic heterocycles. The number of hydrogen-bond donors (Lipinski definition) is 0. The van der Waals surface area contributed by atoms with Crippen LogP contribution in [0.5, 0.6) is 17.2 Å². The Morgan fingerprint density at radius 2 is 0.875 bits per heavy atom. The van der Waals surface area contributed by atoms with Crippen LogP contribution in [0.4, 0.5) is 0 Å². The molecular formula is C42H32O6. The maximum absolute atomic E-state index is 12.4. The van der Waals surface area contributed by atoms with E-state index in [2.05, 4.69) is 43.4 Å². The molecule has 0 atom stereocenters. The van der Waals surface area contributed by atoms with Gasteiger partial charge < -0.3 is 14.2 Å². The van der Waals surface area contributed by atoms with Gasteiger partial charge in [-0.1, -0.05) is 73.8 Å². The third-order valence-corrected chi connectivity index (χ3v) is 6.46. The van der Waals surface area contributed by atoms with Crippen LogP contribution >= 0.6 is 0 Å². The van der Waals surface area contributed by atoms with Crippen molar-refractivity contribution in [3.63, 3.8) is 0 Å². The van der Waals surface area contributed by atoms with Gasteiger partial charge in [0.1, 0.15) is 17.2 Å². The molecular weight excluding hydrogens is 600 g/mol. The average molecular weight is 633 g/mol. The highest BCUT2D eigenvalue weighted by atomic mass is 16.5. The van der Waals surface area contributed by atoms with Crippen LogP contribution in [0.15, 0.2) is 127 Å². The van der Waals surface area contributed by atoms with Gasteiger partial charge in [-0.25, -0.2) is 14.4 Å². The second-order valence-electron chi connectivity index (χ2n) is 10.8. The molecule has 0 amide bonds. The summed E-state index contributed by atoms with van der Waals surface area (Å²) in [7, 11) is 0. The Morgan fingerprint density at radius 3 is 1.33 bits per heavy atom. The number of esters is 3. The van der Waals surface area contributed by atoms with Gasteiger partial charge in [-0.05, 0) is 105 Å².